The van der Waals surface area contributed by atoms with Crippen LogP contribution in [-0.2, 0) is 0 Å². The predicted octanol–water partition coefficient (Wildman–Crippen LogP) is 3.58. The third kappa shape index (κ3) is 2.03. The molecule has 3 heteroatoms. The molecule has 2 aromatic carbocycles. The molecule has 0 aliphatic rings. The summed E-state index contributed by atoms with van der Waals surface area (Å²) in [4.78, 5) is 12.0. The molecule has 0 amide bonds. The number of rotatable bonds is 3. The average molecular weight is 210 g/mol. The highest BCUT2D eigenvalue weighted by Gasteiger charge is 2.08. The quantitative estimate of drug-likeness (QED) is 0.611. The van der Waals surface area contributed by atoms with E-state index < -0.39 is 0 Å². The Bertz CT molecular complexity index is 520. The van der Waals surface area contributed by atoms with E-state index >= 15 is 0 Å². The van der Waals surface area contributed by atoms with Gasteiger partial charge in [-0.2, -0.15) is 5.11 Å². The molecule has 0 heterocycles. The maximum atomic E-state index is 12.0. The first kappa shape index (κ1) is 10.2. The summed E-state index contributed by atoms with van der Waals surface area (Å²) in [5.41, 5.74) is 8.59. The molecule has 0 saturated carbocycles. The molecule has 0 radical (unpaired) electrons. The van der Waals surface area contributed by atoms with Crippen molar-refractivity contribution in [1.82, 2.24) is 0 Å². The minimum absolute atomic E-state index is 0.0499. The molecule has 16 heavy (non-hydrogen) atoms. The maximum Gasteiger partial charge on any atom is 0.193 e. The topological polar surface area (TPSA) is 53.3 Å². The second kappa shape index (κ2) is 4.49. The molecule has 1 N–H and O–H groups in total. The number of carbonyl (C=O) groups excluding carboxylic acids is 1. The number of hydrogen-bond acceptors (Lipinski definition) is 3. The molecule has 0 saturated heterocycles. The highest BCUT2D eigenvalue weighted by atomic mass is 16.1. The van der Waals surface area contributed by atoms with Crippen LogP contribution < -0.4 is 0 Å². The number of benzene rings is 2. The smallest absolute Gasteiger partial charge is 0.193 e. The highest BCUT2D eigenvalue weighted by molar-refractivity contribution is 6.09. The summed E-state index contributed by atoms with van der Waals surface area (Å²) in [5, 5.41) is 3.31. The van der Waals surface area contributed by atoms with Gasteiger partial charge in [0, 0.05) is 11.1 Å². The summed E-state index contributed by atoms with van der Waals surface area (Å²) in [5.74, 6) is -0.0499. The van der Waals surface area contributed by atoms with E-state index in [0.29, 0.717) is 16.8 Å². The van der Waals surface area contributed by atoms with E-state index in [2.05, 4.69) is 5.11 Å². The molecule has 0 aliphatic carbocycles. The number of carbonyl (C=O) groups is 1. The molecular formula is C13H10N2O. The van der Waals surface area contributed by atoms with Gasteiger partial charge >= 0.3 is 0 Å². The Morgan fingerprint density at radius 2 is 1.62 bits per heavy atom. The zero-order valence-electron chi connectivity index (χ0n) is 8.55. The Balaban J connectivity index is 2.38. The monoisotopic (exact) mass is 210 g/mol. The lowest BCUT2D eigenvalue weighted by molar-refractivity contribution is 0.103. The molecule has 0 aliphatic heterocycles. The Morgan fingerprint density at radius 3 is 2.31 bits per heavy atom. The summed E-state index contributed by atoms with van der Waals surface area (Å²) < 4.78 is 0. The standard InChI is InChI=1S/C13H10N2O/c14-15-12-8-4-7-11(9-12)13(16)10-5-2-1-3-6-10/h1-9,14H. The number of nitrogens with zero attached hydrogens (tertiary/aromatic N) is 1. The van der Waals surface area contributed by atoms with Gasteiger partial charge in [-0.05, 0) is 12.1 Å². The highest BCUT2D eigenvalue weighted by Crippen LogP contribution is 2.16. The summed E-state index contributed by atoms with van der Waals surface area (Å²) >= 11 is 0. The minimum atomic E-state index is -0.0499. The van der Waals surface area contributed by atoms with Gasteiger partial charge in [-0.15, -0.1) is 0 Å². The van der Waals surface area contributed by atoms with Gasteiger partial charge in [-0.3, -0.25) is 4.79 Å². The van der Waals surface area contributed by atoms with Crippen molar-refractivity contribution < 1.29 is 4.79 Å². The summed E-state index contributed by atoms with van der Waals surface area (Å²) in [6, 6.07) is 15.8. The number of hydrogen-bond donors (Lipinski definition) is 1. The Hall–Kier alpha value is -2.29. The molecule has 2 rings (SSSR count). The fraction of sp³-hybridized carbons (Fsp3) is 0. The largest absolute Gasteiger partial charge is 0.289 e. The molecule has 0 atom stereocenters. The fourth-order valence-electron chi connectivity index (χ4n) is 1.47. The van der Waals surface area contributed by atoms with Crippen LogP contribution in [0.25, 0.3) is 0 Å². The van der Waals surface area contributed by atoms with Crippen molar-refractivity contribution in [3.05, 3.63) is 65.7 Å². The lowest BCUT2D eigenvalue weighted by Gasteiger charge is -2.01. The second-order valence-electron chi connectivity index (χ2n) is 3.36. The number of nitrogens with one attached hydrogen (secondary N) is 1. The molecule has 3 nitrogen and oxygen atoms in total. The third-order valence-electron chi connectivity index (χ3n) is 2.27. The zero-order valence-corrected chi connectivity index (χ0v) is 8.55. The second-order valence-corrected chi connectivity index (χ2v) is 3.36. The Kier molecular flexibility index (Phi) is 2.87. The van der Waals surface area contributed by atoms with E-state index in [-0.39, 0.29) is 5.78 Å². The van der Waals surface area contributed by atoms with Crippen molar-refractivity contribution in [2.75, 3.05) is 0 Å². The Labute approximate surface area is 93.3 Å². The van der Waals surface area contributed by atoms with Crippen molar-refractivity contribution >= 4 is 11.5 Å². The maximum absolute atomic E-state index is 12.0. The van der Waals surface area contributed by atoms with Crippen LogP contribution in [0.2, 0.25) is 0 Å². The van der Waals surface area contributed by atoms with E-state index in [1.807, 2.05) is 18.2 Å². The predicted molar refractivity (Wildman–Crippen MR) is 61.1 cm³/mol. The molecule has 0 bridgehead atoms. The van der Waals surface area contributed by atoms with E-state index in [0.717, 1.165) is 0 Å². The molecular weight excluding hydrogens is 200 g/mol. The van der Waals surface area contributed by atoms with Gasteiger partial charge in [0.2, 0.25) is 0 Å². The molecule has 2 aromatic rings. The minimum Gasteiger partial charge on any atom is -0.289 e. The number of ketones is 1. The van der Waals surface area contributed by atoms with Crippen LogP contribution in [-0.4, -0.2) is 5.78 Å². The van der Waals surface area contributed by atoms with Gasteiger partial charge in [0.05, 0.1) is 5.69 Å². The van der Waals surface area contributed by atoms with Gasteiger partial charge < -0.3 is 0 Å². The summed E-state index contributed by atoms with van der Waals surface area (Å²) in [7, 11) is 0. The zero-order chi connectivity index (χ0) is 11.4. The molecule has 0 fully saturated rings. The first-order valence-electron chi connectivity index (χ1n) is 4.88. The van der Waals surface area contributed by atoms with Gasteiger partial charge in [0.25, 0.3) is 0 Å². The summed E-state index contributed by atoms with van der Waals surface area (Å²) in [6.07, 6.45) is 0. The van der Waals surface area contributed by atoms with E-state index in [4.69, 9.17) is 5.53 Å². The first-order valence-corrected chi connectivity index (χ1v) is 4.88. The molecule has 0 unspecified atom stereocenters. The van der Waals surface area contributed by atoms with Crippen molar-refractivity contribution in [2.45, 2.75) is 0 Å². The first-order chi connectivity index (χ1) is 7.81. The van der Waals surface area contributed by atoms with Crippen LogP contribution >= 0.6 is 0 Å². The van der Waals surface area contributed by atoms with Crippen LogP contribution in [0.4, 0.5) is 5.69 Å². The lowest BCUT2D eigenvalue weighted by Crippen LogP contribution is -2.00. The Morgan fingerprint density at radius 1 is 0.938 bits per heavy atom. The van der Waals surface area contributed by atoms with Crippen molar-refractivity contribution in [3.63, 3.8) is 0 Å². The third-order valence-corrected chi connectivity index (χ3v) is 2.27. The van der Waals surface area contributed by atoms with E-state index in [1.54, 1.807) is 36.4 Å². The van der Waals surface area contributed by atoms with Crippen LogP contribution in [0.1, 0.15) is 15.9 Å². The van der Waals surface area contributed by atoms with Gasteiger partial charge in [-0.1, -0.05) is 42.5 Å². The molecule has 78 valence electrons. The van der Waals surface area contributed by atoms with Crippen LogP contribution in [0.3, 0.4) is 0 Å². The van der Waals surface area contributed by atoms with Crippen LogP contribution in [0.5, 0.6) is 0 Å². The van der Waals surface area contributed by atoms with Crippen molar-refractivity contribution in [1.29, 1.82) is 5.53 Å². The summed E-state index contributed by atoms with van der Waals surface area (Å²) in [6.45, 7) is 0. The van der Waals surface area contributed by atoms with Gasteiger partial charge in [0.15, 0.2) is 5.78 Å². The van der Waals surface area contributed by atoms with E-state index in [9.17, 15) is 4.79 Å². The van der Waals surface area contributed by atoms with Crippen LogP contribution in [0.15, 0.2) is 59.7 Å². The van der Waals surface area contributed by atoms with E-state index in [1.165, 1.54) is 0 Å². The van der Waals surface area contributed by atoms with Crippen LogP contribution in [0, 0.1) is 5.53 Å². The van der Waals surface area contributed by atoms with Crippen molar-refractivity contribution in [3.8, 4) is 0 Å². The average Bonchev–Trinajstić information content (AvgIpc) is 2.39. The van der Waals surface area contributed by atoms with Gasteiger partial charge in [-0.25, -0.2) is 5.53 Å². The fourth-order valence-corrected chi connectivity index (χ4v) is 1.47. The lowest BCUT2D eigenvalue weighted by atomic mass is 10.0. The van der Waals surface area contributed by atoms with Gasteiger partial charge in [0.1, 0.15) is 0 Å². The normalized spacial score (nSPS) is 9.75. The molecule has 0 spiro atoms. The SMILES string of the molecule is N=Nc1cccc(C(=O)c2ccccc2)c1. The van der Waals surface area contributed by atoms with Crippen molar-refractivity contribution in [2.24, 2.45) is 5.11 Å². The molecule has 0 aromatic heterocycles.